The number of hydrazone groups is 1. The van der Waals surface area contributed by atoms with Crippen molar-refractivity contribution in [3.8, 4) is 11.5 Å². The van der Waals surface area contributed by atoms with E-state index in [1.165, 1.54) is 43.5 Å². The molecule has 0 aromatic heterocycles. The predicted molar refractivity (Wildman–Crippen MR) is 126 cm³/mol. The van der Waals surface area contributed by atoms with Crippen LogP contribution in [0.15, 0.2) is 83.5 Å². The number of benzene rings is 3. The normalized spacial score (nSPS) is 14.7. The fourth-order valence-electron chi connectivity index (χ4n) is 3.47. The molecule has 0 saturated carbocycles. The lowest BCUT2D eigenvalue weighted by molar-refractivity contribution is -0.114. The molecule has 0 saturated heterocycles. The van der Waals surface area contributed by atoms with E-state index in [0.29, 0.717) is 10.8 Å². The van der Waals surface area contributed by atoms with Crippen molar-refractivity contribution in [1.82, 2.24) is 0 Å². The molecule has 1 N–H and O–H groups in total. The Morgan fingerprint density at radius 3 is 2.33 bits per heavy atom. The van der Waals surface area contributed by atoms with Crippen LogP contribution in [0.25, 0.3) is 6.08 Å². The first kappa shape index (κ1) is 24.5. The van der Waals surface area contributed by atoms with E-state index in [1.54, 1.807) is 6.07 Å². The summed E-state index contributed by atoms with van der Waals surface area (Å²) in [7, 11) is 1.40. The Kier molecular flexibility index (Phi) is 6.77. The molecule has 3 aromatic carbocycles. The summed E-state index contributed by atoms with van der Waals surface area (Å²) in [6.07, 6.45) is -3.83. The zero-order valence-electron chi connectivity index (χ0n) is 18.8. The van der Waals surface area contributed by atoms with Gasteiger partial charge in [-0.3, -0.25) is 4.79 Å². The first-order valence-corrected chi connectivity index (χ1v) is 10.6. The Hall–Kier alpha value is -4.60. The van der Waals surface area contributed by atoms with Crippen molar-refractivity contribution in [3.63, 3.8) is 0 Å². The fraction of sp³-hybridized carbons (Fsp3) is 0.115. The maximum Gasteiger partial charge on any atom is 0.435 e. The Labute approximate surface area is 203 Å². The van der Waals surface area contributed by atoms with Crippen molar-refractivity contribution in [2.45, 2.75) is 12.8 Å². The van der Waals surface area contributed by atoms with Gasteiger partial charge in [-0.15, -0.1) is 0 Å². The Morgan fingerprint density at radius 1 is 1.03 bits per heavy atom. The number of halogens is 3. The van der Waals surface area contributed by atoms with Gasteiger partial charge in [-0.25, -0.2) is 4.79 Å². The number of alkyl halides is 3. The van der Waals surface area contributed by atoms with Crippen LogP contribution in [0.2, 0.25) is 0 Å². The number of amides is 1. The minimum atomic E-state index is -4.90. The largest absolute Gasteiger partial charge is 0.493 e. The topological polar surface area (TPSA) is 88.4 Å². The molecule has 7 nitrogen and oxygen atoms in total. The lowest BCUT2D eigenvalue weighted by atomic mass is 10.1. The van der Waals surface area contributed by atoms with Crippen molar-refractivity contribution in [2.75, 3.05) is 12.1 Å². The Bertz CT molecular complexity index is 1350. The Balaban J connectivity index is 1.63. The average Bonchev–Trinajstić information content (AvgIpc) is 3.20. The van der Waals surface area contributed by atoms with Crippen molar-refractivity contribution in [3.05, 3.63) is 95.1 Å². The second-order valence-corrected chi connectivity index (χ2v) is 7.66. The fourth-order valence-corrected chi connectivity index (χ4v) is 3.47. The van der Waals surface area contributed by atoms with E-state index in [-0.39, 0.29) is 29.2 Å². The van der Waals surface area contributed by atoms with E-state index in [1.807, 2.05) is 30.3 Å². The third-order valence-corrected chi connectivity index (χ3v) is 5.24. The number of ether oxygens (including phenoxy) is 2. The molecule has 36 heavy (non-hydrogen) atoms. The number of anilines is 1. The number of carboxylic acid groups (broad SMARTS) is 1. The van der Waals surface area contributed by atoms with E-state index in [9.17, 15) is 22.8 Å². The van der Waals surface area contributed by atoms with E-state index in [4.69, 9.17) is 14.6 Å². The standard InChI is InChI=1S/C26H19F3N2O5/c1-35-22-14-17(7-12-21(22)36-15-16-5-3-2-4-6-16)13-20-23(26(27,28)29)30-31(24(20)32)19-10-8-18(9-11-19)25(33)34/h2-14H,15H2,1H3,(H,33,34)/b20-13+. The number of carbonyl (C=O) groups is 2. The van der Waals surface area contributed by atoms with Crippen LogP contribution in [0.4, 0.5) is 18.9 Å². The van der Waals surface area contributed by atoms with Gasteiger partial charge in [0.1, 0.15) is 6.61 Å². The zero-order valence-corrected chi connectivity index (χ0v) is 18.8. The van der Waals surface area contributed by atoms with Gasteiger partial charge in [-0.2, -0.15) is 23.3 Å². The third-order valence-electron chi connectivity index (χ3n) is 5.24. The molecule has 3 aromatic rings. The number of methoxy groups -OCH3 is 1. The molecule has 0 bridgehead atoms. The first-order valence-electron chi connectivity index (χ1n) is 10.6. The van der Waals surface area contributed by atoms with Gasteiger partial charge in [-0.1, -0.05) is 36.4 Å². The van der Waals surface area contributed by atoms with Gasteiger partial charge in [0.05, 0.1) is 23.9 Å². The van der Waals surface area contributed by atoms with Crippen molar-refractivity contribution < 1.29 is 37.3 Å². The van der Waals surface area contributed by atoms with E-state index in [0.717, 1.165) is 11.6 Å². The number of carbonyl (C=O) groups excluding carboxylic acids is 1. The zero-order chi connectivity index (χ0) is 25.9. The number of hydrogen-bond acceptors (Lipinski definition) is 5. The van der Waals surface area contributed by atoms with Gasteiger partial charge in [0, 0.05) is 0 Å². The van der Waals surface area contributed by atoms with Crippen LogP contribution in [-0.2, 0) is 11.4 Å². The molecule has 0 spiro atoms. The molecule has 10 heteroatoms. The number of hydrogen-bond donors (Lipinski definition) is 1. The van der Waals surface area contributed by atoms with Crippen LogP contribution in [0.3, 0.4) is 0 Å². The second kappa shape index (κ2) is 9.95. The summed E-state index contributed by atoms with van der Waals surface area (Å²) < 4.78 is 52.3. The highest BCUT2D eigenvalue weighted by molar-refractivity contribution is 6.34. The van der Waals surface area contributed by atoms with Crippen LogP contribution in [-0.4, -0.2) is 36.0 Å². The molecule has 0 radical (unpaired) electrons. The van der Waals surface area contributed by atoms with Crippen LogP contribution in [0, 0.1) is 0 Å². The molecule has 0 unspecified atom stereocenters. The molecule has 4 rings (SSSR count). The quantitative estimate of drug-likeness (QED) is 0.448. The first-order chi connectivity index (χ1) is 17.2. The molecule has 1 amide bonds. The summed E-state index contributed by atoms with van der Waals surface area (Å²) in [5.41, 5.74) is -0.921. The van der Waals surface area contributed by atoms with Crippen LogP contribution in [0.5, 0.6) is 11.5 Å². The maximum atomic E-state index is 13.7. The molecule has 1 aliphatic rings. The highest BCUT2D eigenvalue weighted by Crippen LogP contribution is 2.34. The summed E-state index contributed by atoms with van der Waals surface area (Å²) >= 11 is 0. The highest BCUT2D eigenvalue weighted by atomic mass is 19.4. The minimum absolute atomic E-state index is 0.00242. The monoisotopic (exact) mass is 496 g/mol. The maximum absolute atomic E-state index is 13.7. The van der Waals surface area contributed by atoms with Crippen LogP contribution in [0.1, 0.15) is 21.5 Å². The summed E-state index contributed by atoms with van der Waals surface area (Å²) in [5.74, 6) is -1.56. The lowest BCUT2D eigenvalue weighted by Crippen LogP contribution is -2.25. The molecular weight excluding hydrogens is 477 g/mol. The Morgan fingerprint density at radius 2 is 1.72 bits per heavy atom. The van der Waals surface area contributed by atoms with Gasteiger partial charge in [0.25, 0.3) is 5.91 Å². The number of nitrogens with zero attached hydrogens (tertiary/aromatic N) is 2. The number of carboxylic acids is 1. The molecule has 0 atom stereocenters. The van der Waals surface area contributed by atoms with E-state index in [2.05, 4.69) is 5.10 Å². The number of aromatic carboxylic acids is 1. The van der Waals surface area contributed by atoms with Crippen molar-refractivity contribution >= 4 is 29.4 Å². The molecule has 0 fully saturated rings. The molecule has 1 heterocycles. The van der Waals surface area contributed by atoms with Crippen LogP contribution < -0.4 is 14.5 Å². The van der Waals surface area contributed by atoms with Gasteiger partial charge < -0.3 is 14.6 Å². The second-order valence-electron chi connectivity index (χ2n) is 7.66. The number of rotatable bonds is 7. The van der Waals surface area contributed by atoms with Crippen molar-refractivity contribution in [2.24, 2.45) is 5.10 Å². The molecule has 0 aliphatic carbocycles. The smallest absolute Gasteiger partial charge is 0.435 e. The molecule has 184 valence electrons. The summed E-state index contributed by atoms with van der Waals surface area (Å²) in [5, 5.41) is 13.1. The van der Waals surface area contributed by atoms with E-state index < -0.39 is 29.3 Å². The third kappa shape index (κ3) is 5.22. The summed E-state index contributed by atoms with van der Waals surface area (Å²) in [6.45, 7) is 0.261. The van der Waals surface area contributed by atoms with Gasteiger partial charge in [0.2, 0.25) is 0 Å². The molecular formula is C26H19F3N2O5. The SMILES string of the molecule is COc1cc(/C=C2/C(=O)N(c3ccc(C(=O)O)cc3)N=C2C(F)(F)F)ccc1OCc1ccccc1. The minimum Gasteiger partial charge on any atom is -0.493 e. The van der Waals surface area contributed by atoms with Gasteiger partial charge in [-0.05, 0) is 53.6 Å². The van der Waals surface area contributed by atoms with Crippen molar-refractivity contribution in [1.29, 1.82) is 0 Å². The summed E-state index contributed by atoms with van der Waals surface area (Å²) in [6, 6.07) is 18.7. The van der Waals surface area contributed by atoms with Crippen LogP contribution >= 0.6 is 0 Å². The van der Waals surface area contributed by atoms with E-state index >= 15 is 0 Å². The highest BCUT2D eigenvalue weighted by Gasteiger charge is 2.46. The van der Waals surface area contributed by atoms with Gasteiger partial charge >= 0.3 is 12.1 Å². The van der Waals surface area contributed by atoms with Gasteiger partial charge in [0.15, 0.2) is 17.2 Å². The molecule has 1 aliphatic heterocycles. The summed E-state index contributed by atoms with van der Waals surface area (Å²) in [4.78, 5) is 24.0. The lowest BCUT2D eigenvalue weighted by Gasteiger charge is -2.12. The average molecular weight is 496 g/mol. The predicted octanol–water partition coefficient (Wildman–Crippen LogP) is 5.32.